The van der Waals surface area contributed by atoms with Crippen molar-refractivity contribution in [3.05, 3.63) is 0 Å². The van der Waals surface area contributed by atoms with E-state index in [1.54, 1.807) is 0 Å². The maximum Gasteiger partial charge on any atom is 0.0139 e. The lowest BCUT2D eigenvalue weighted by Gasteiger charge is -2.47. The molecule has 0 radical (unpaired) electrons. The molecule has 3 atom stereocenters. The number of rotatable bonds is 4. The third-order valence-corrected chi connectivity index (χ3v) is 6.73. The molecule has 2 N–H and O–H groups in total. The number of nitrogens with zero attached hydrogens (tertiary/aromatic N) is 1. The summed E-state index contributed by atoms with van der Waals surface area (Å²) in [6.45, 7) is 10.7. The zero-order valence-corrected chi connectivity index (χ0v) is 13.8. The molecule has 1 aliphatic heterocycles. The van der Waals surface area contributed by atoms with Gasteiger partial charge in [0, 0.05) is 30.6 Å². The molecule has 112 valence electrons. The average molecular weight is 285 g/mol. The van der Waals surface area contributed by atoms with Gasteiger partial charge in [0.05, 0.1) is 0 Å². The molecule has 2 fully saturated rings. The molecule has 0 spiro atoms. The molecule has 1 heterocycles. The van der Waals surface area contributed by atoms with Crippen molar-refractivity contribution in [3.8, 4) is 0 Å². The monoisotopic (exact) mass is 284 g/mol. The highest BCUT2D eigenvalue weighted by molar-refractivity contribution is 7.99. The molecular weight excluding hydrogens is 252 g/mol. The van der Waals surface area contributed by atoms with Crippen molar-refractivity contribution in [1.29, 1.82) is 0 Å². The molecule has 1 saturated heterocycles. The van der Waals surface area contributed by atoms with Gasteiger partial charge < -0.3 is 5.73 Å². The largest absolute Gasteiger partial charge is 0.330 e. The first kappa shape index (κ1) is 15.7. The fourth-order valence-electron chi connectivity index (χ4n) is 3.84. The van der Waals surface area contributed by atoms with E-state index in [0.29, 0.717) is 5.41 Å². The number of hydrogen-bond donors (Lipinski definition) is 1. The van der Waals surface area contributed by atoms with E-state index in [1.165, 1.54) is 50.3 Å². The highest BCUT2D eigenvalue weighted by atomic mass is 32.2. The van der Waals surface area contributed by atoms with E-state index in [4.69, 9.17) is 5.73 Å². The van der Waals surface area contributed by atoms with Crippen LogP contribution in [0.25, 0.3) is 0 Å². The van der Waals surface area contributed by atoms with E-state index >= 15 is 0 Å². The summed E-state index contributed by atoms with van der Waals surface area (Å²) in [6.07, 6.45) is 5.42. The van der Waals surface area contributed by atoms with Crippen LogP contribution in [0, 0.1) is 17.3 Å². The first-order valence-corrected chi connectivity index (χ1v) is 9.25. The third-order valence-electron chi connectivity index (χ3n) is 5.79. The zero-order valence-electron chi connectivity index (χ0n) is 13.0. The van der Waals surface area contributed by atoms with Crippen LogP contribution >= 0.6 is 11.8 Å². The van der Waals surface area contributed by atoms with Gasteiger partial charge in [-0.05, 0) is 43.1 Å². The predicted molar refractivity (Wildman–Crippen MR) is 86.6 cm³/mol. The second-order valence-electron chi connectivity index (χ2n) is 7.06. The Morgan fingerprint density at radius 2 is 1.89 bits per heavy atom. The maximum absolute atomic E-state index is 6.06. The van der Waals surface area contributed by atoms with Crippen LogP contribution in [-0.2, 0) is 0 Å². The molecule has 0 aromatic carbocycles. The number of hydrogen-bond acceptors (Lipinski definition) is 3. The second kappa shape index (κ2) is 6.82. The van der Waals surface area contributed by atoms with E-state index in [9.17, 15) is 0 Å². The Labute approximate surface area is 123 Å². The lowest BCUT2D eigenvalue weighted by Crippen LogP contribution is -2.51. The van der Waals surface area contributed by atoms with E-state index in [1.807, 2.05) is 0 Å². The Balaban J connectivity index is 2.04. The molecule has 0 aromatic heterocycles. The normalized spacial score (nSPS) is 34.4. The van der Waals surface area contributed by atoms with Crippen LogP contribution in [0.1, 0.15) is 46.5 Å². The van der Waals surface area contributed by atoms with Crippen LogP contribution in [0.2, 0.25) is 0 Å². The van der Waals surface area contributed by atoms with E-state index < -0.39 is 0 Å². The van der Waals surface area contributed by atoms with Crippen molar-refractivity contribution < 1.29 is 0 Å². The molecule has 0 aromatic rings. The summed E-state index contributed by atoms with van der Waals surface area (Å²) in [5, 5.41) is 0. The highest BCUT2D eigenvalue weighted by Crippen LogP contribution is 2.43. The van der Waals surface area contributed by atoms with Crippen molar-refractivity contribution in [2.75, 3.05) is 31.1 Å². The van der Waals surface area contributed by atoms with Crippen LogP contribution in [0.5, 0.6) is 0 Å². The standard InChI is InChI=1S/C16H32N2S/c1-4-16(2,3)14-6-5-13(12-17)15(11-14)18-7-9-19-10-8-18/h13-15H,4-12,17H2,1-3H3. The van der Waals surface area contributed by atoms with Crippen LogP contribution in [-0.4, -0.2) is 42.1 Å². The minimum Gasteiger partial charge on any atom is -0.330 e. The molecule has 19 heavy (non-hydrogen) atoms. The molecule has 1 saturated carbocycles. The Morgan fingerprint density at radius 3 is 2.47 bits per heavy atom. The van der Waals surface area contributed by atoms with Crippen molar-refractivity contribution in [1.82, 2.24) is 4.90 Å². The molecule has 2 aliphatic rings. The minimum atomic E-state index is 0.502. The van der Waals surface area contributed by atoms with Crippen molar-refractivity contribution in [2.45, 2.75) is 52.5 Å². The quantitative estimate of drug-likeness (QED) is 0.859. The topological polar surface area (TPSA) is 29.3 Å². The van der Waals surface area contributed by atoms with Gasteiger partial charge in [-0.25, -0.2) is 0 Å². The zero-order chi connectivity index (χ0) is 13.9. The minimum absolute atomic E-state index is 0.502. The van der Waals surface area contributed by atoms with E-state index in [2.05, 4.69) is 37.4 Å². The molecule has 2 nitrogen and oxygen atoms in total. The molecular formula is C16H32N2S. The van der Waals surface area contributed by atoms with Crippen molar-refractivity contribution in [2.24, 2.45) is 23.0 Å². The second-order valence-corrected chi connectivity index (χ2v) is 8.29. The fraction of sp³-hybridized carbons (Fsp3) is 1.00. The lowest BCUT2D eigenvalue weighted by atomic mass is 9.65. The third kappa shape index (κ3) is 3.68. The van der Waals surface area contributed by atoms with Gasteiger partial charge in [-0.3, -0.25) is 4.90 Å². The van der Waals surface area contributed by atoms with Gasteiger partial charge in [0.15, 0.2) is 0 Å². The smallest absolute Gasteiger partial charge is 0.0139 e. The Kier molecular flexibility index (Phi) is 5.62. The summed E-state index contributed by atoms with van der Waals surface area (Å²) >= 11 is 2.11. The summed E-state index contributed by atoms with van der Waals surface area (Å²) in [4.78, 5) is 2.76. The molecule has 0 bridgehead atoms. The van der Waals surface area contributed by atoms with Crippen LogP contribution in [0.15, 0.2) is 0 Å². The molecule has 3 unspecified atom stereocenters. The molecule has 3 heteroatoms. The lowest BCUT2D eigenvalue weighted by molar-refractivity contribution is 0.0424. The molecule has 2 rings (SSSR count). The van der Waals surface area contributed by atoms with Gasteiger partial charge in [0.2, 0.25) is 0 Å². The summed E-state index contributed by atoms with van der Waals surface area (Å²) in [7, 11) is 0. The summed E-state index contributed by atoms with van der Waals surface area (Å²) < 4.78 is 0. The first-order chi connectivity index (χ1) is 9.08. The van der Waals surface area contributed by atoms with Crippen LogP contribution in [0.4, 0.5) is 0 Å². The van der Waals surface area contributed by atoms with Gasteiger partial charge in [-0.15, -0.1) is 0 Å². The van der Waals surface area contributed by atoms with Gasteiger partial charge in [-0.2, -0.15) is 11.8 Å². The Hall–Kier alpha value is 0.270. The molecule has 0 amide bonds. The fourth-order valence-corrected chi connectivity index (χ4v) is 4.77. The predicted octanol–water partition coefficient (Wildman–Crippen LogP) is 3.22. The van der Waals surface area contributed by atoms with E-state index in [0.717, 1.165) is 24.4 Å². The Bertz CT molecular complexity index is 274. The van der Waals surface area contributed by atoms with E-state index in [-0.39, 0.29) is 0 Å². The highest BCUT2D eigenvalue weighted by Gasteiger charge is 2.39. The van der Waals surface area contributed by atoms with Crippen LogP contribution < -0.4 is 5.73 Å². The SMILES string of the molecule is CCC(C)(C)C1CCC(CN)C(N2CCSCC2)C1. The van der Waals surface area contributed by atoms with Crippen molar-refractivity contribution >= 4 is 11.8 Å². The summed E-state index contributed by atoms with van der Waals surface area (Å²) in [5.74, 6) is 4.26. The average Bonchev–Trinajstić information content (AvgIpc) is 2.47. The number of thioether (sulfide) groups is 1. The summed E-state index contributed by atoms with van der Waals surface area (Å²) in [5.41, 5.74) is 6.56. The maximum atomic E-state index is 6.06. The number of nitrogens with two attached hydrogens (primary N) is 1. The van der Waals surface area contributed by atoms with Gasteiger partial charge in [0.1, 0.15) is 0 Å². The summed E-state index contributed by atoms with van der Waals surface area (Å²) in [6, 6.07) is 0.760. The van der Waals surface area contributed by atoms with Gasteiger partial charge >= 0.3 is 0 Å². The van der Waals surface area contributed by atoms with Gasteiger partial charge in [0.25, 0.3) is 0 Å². The Morgan fingerprint density at radius 1 is 1.21 bits per heavy atom. The van der Waals surface area contributed by atoms with Gasteiger partial charge in [-0.1, -0.05) is 27.2 Å². The van der Waals surface area contributed by atoms with Crippen LogP contribution in [0.3, 0.4) is 0 Å². The molecule has 1 aliphatic carbocycles. The van der Waals surface area contributed by atoms with Crippen molar-refractivity contribution in [3.63, 3.8) is 0 Å². The first-order valence-electron chi connectivity index (χ1n) is 8.10.